The molecule has 0 unspecified atom stereocenters. The third kappa shape index (κ3) is 4.11. The van der Waals surface area contributed by atoms with E-state index < -0.39 is 0 Å². The normalized spacial score (nSPS) is 16.1. The Morgan fingerprint density at radius 1 is 1.32 bits per heavy atom. The average Bonchev–Trinajstić information content (AvgIpc) is 2.55. The first-order chi connectivity index (χ1) is 11.9. The molecule has 6 nitrogen and oxygen atoms in total. The van der Waals surface area contributed by atoms with E-state index in [1.807, 2.05) is 4.90 Å². The predicted molar refractivity (Wildman–Crippen MR) is 92.6 cm³/mol. The van der Waals surface area contributed by atoms with Crippen LogP contribution in [0.3, 0.4) is 0 Å². The van der Waals surface area contributed by atoms with Gasteiger partial charge in [-0.25, -0.2) is 4.39 Å². The largest absolute Gasteiger partial charge is 0.369 e. The monoisotopic (exact) mass is 344 g/mol. The lowest BCUT2D eigenvalue weighted by molar-refractivity contribution is -0.119. The van der Waals surface area contributed by atoms with Crippen molar-refractivity contribution in [2.24, 2.45) is 5.73 Å². The van der Waals surface area contributed by atoms with Crippen molar-refractivity contribution in [2.45, 2.75) is 25.8 Å². The second-order valence-electron chi connectivity index (χ2n) is 6.46. The Morgan fingerprint density at radius 2 is 2.04 bits per heavy atom. The second kappa shape index (κ2) is 7.14. The number of rotatable bonds is 4. The fourth-order valence-electron chi connectivity index (χ4n) is 3.24. The van der Waals surface area contributed by atoms with Gasteiger partial charge in [0.05, 0.1) is 17.6 Å². The van der Waals surface area contributed by atoms with Gasteiger partial charge >= 0.3 is 0 Å². The van der Waals surface area contributed by atoms with Crippen LogP contribution < -0.4 is 11.1 Å². The summed E-state index contributed by atoms with van der Waals surface area (Å²) < 4.78 is 13.4. The fourth-order valence-corrected chi connectivity index (χ4v) is 3.24. The molecule has 0 atom stereocenters. The summed E-state index contributed by atoms with van der Waals surface area (Å²) in [6.45, 7) is 3.47. The van der Waals surface area contributed by atoms with Gasteiger partial charge in [0.15, 0.2) is 0 Å². The van der Waals surface area contributed by atoms with E-state index in [0.29, 0.717) is 22.2 Å². The maximum atomic E-state index is 13.4. The van der Waals surface area contributed by atoms with Gasteiger partial charge < -0.3 is 11.1 Å². The summed E-state index contributed by atoms with van der Waals surface area (Å²) in [7, 11) is 0. The molecule has 2 heterocycles. The van der Waals surface area contributed by atoms with Gasteiger partial charge in [-0.3, -0.25) is 19.5 Å². The molecule has 3 rings (SSSR count). The van der Waals surface area contributed by atoms with Crippen LogP contribution in [0.2, 0.25) is 0 Å². The standard InChI is InChI=1S/C18H21FN4O2/c1-11-8-15(14-3-2-12(19)9-16(14)21-11)18(25)22-13-4-6-23(7-5-13)10-17(20)24/h2-3,8-9,13H,4-7,10H2,1H3,(H2,20,24)(H,22,25). The number of piperidine rings is 1. The van der Waals surface area contributed by atoms with Crippen molar-refractivity contribution in [3.63, 3.8) is 0 Å². The molecule has 1 aliphatic rings. The summed E-state index contributed by atoms with van der Waals surface area (Å²) in [6, 6.07) is 6.01. The summed E-state index contributed by atoms with van der Waals surface area (Å²) in [6.07, 6.45) is 1.52. The number of hydrogen-bond acceptors (Lipinski definition) is 4. The number of nitrogens with one attached hydrogen (secondary N) is 1. The zero-order chi connectivity index (χ0) is 18.0. The van der Waals surface area contributed by atoms with E-state index in [0.717, 1.165) is 25.9 Å². The lowest BCUT2D eigenvalue weighted by atomic mass is 10.0. The molecule has 2 aromatic rings. The highest BCUT2D eigenvalue weighted by molar-refractivity contribution is 6.06. The molecule has 0 radical (unpaired) electrons. The highest BCUT2D eigenvalue weighted by Crippen LogP contribution is 2.20. The topological polar surface area (TPSA) is 88.3 Å². The Bertz CT molecular complexity index is 811. The number of primary amides is 1. The van der Waals surface area contributed by atoms with Crippen molar-refractivity contribution < 1.29 is 14.0 Å². The quantitative estimate of drug-likeness (QED) is 0.877. The van der Waals surface area contributed by atoms with E-state index in [9.17, 15) is 14.0 Å². The smallest absolute Gasteiger partial charge is 0.252 e. The summed E-state index contributed by atoms with van der Waals surface area (Å²) >= 11 is 0. The van der Waals surface area contributed by atoms with E-state index in [4.69, 9.17) is 5.73 Å². The van der Waals surface area contributed by atoms with Crippen LogP contribution in [-0.2, 0) is 4.79 Å². The first kappa shape index (κ1) is 17.3. The number of likely N-dealkylation sites (tertiary alicyclic amines) is 1. The zero-order valence-electron chi connectivity index (χ0n) is 14.1. The molecule has 1 aromatic heterocycles. The molecule has 7 heteroatoms. The third-order valence-corrected chi connectivity index (χ3v) is 4.45. The minimum absolute atomic E-state index is 0.0422. The van der Waals surface area contributed by atoms with Crippen LogP contribution >= 0.6 is 0 Å². The number of benzene rings is 1. The number of nitrogens with two attached hydrogens (primary N) is 1. The van der Waals surface area contributed by atoms with Crippen LogP contribution in [0.25, 0.3) is 10.9 Å². The molecule has 3 N–H and O–H groups in total. The molecule has 0 spiro atoms. The van der Waals surface area contributed by atoms with Gasteiger partial charge in [0.1, 0.15) is 5.82 Å². The number of fused-ring (bicyclic) bond motifs is 1. The number of hydrogen-bond donors (Lipinski definition) is 2. The van der Waals surface area contributed by atoms with E-state index in [-0.39, 0.29) is 30.2 Å². The number of carbonyl (C=O) groups is 2. The summed E-state index contributed by atoms with van der Waals surface area (Å²) in [5, 5.41) is 3.67. The van der Waals surface area contributed by atoms with Crippen molar-refractivity contribution >= 4 is 22.7 Å². The molecule has 0 bridgehead atoms. The Morgan fingerprint density at radius 3 is 2.72 bits per heavy atom. The third-order valence-electron chi connectivity index (χ3n) is 4.45. The van der Waals surface area contributed by atoms with Crippen molar-refractivity contribution in [1.82, 2.24) is 15.2 Å². The molecule has 1 fully saturated rings. The number of aryl methyl sites for hydroxylation is 1. The molecule has 0 aliphatic carbocycles. The lowest BCUT2D eigenvalue weighted by Crippen LogP contribution is -2.46. The molecular weight excluding hydrogens is 323 g/mol. The molecule has 1 aliphatic heterocycles. The number of aromatic nitrogens is 1. The maximum absolute atomic E-state index is 13.4. The molecule has 0 saturated carbocycles. The number of nitrogens with zero attached hydrogens (tertiary/aromatic N) is 2. The lowest BCUT2D eigenvalue weighted by Gasteiger charge is -2.31. The van der Waals surface area contributed by atoms with E-state index in [2.05, 4.69) is 10.3 Å². The molecule has 1 saturated heterocycles. The van der Waals surface area contributed by atoms with Gasteiger partial charge in [-0.1, -0.05) is 0 Å². The van der Waals surface area contributed by atoms with Crippen molar-refractivity contribution in [1.29, 1.82) is 0 Å². The molecule has 132 valence electrons. The van der Waals surface area contributed by atoms with Crippen LogP contribution in [0, 0.1) is 12.7 Å². The van der Waals surface area contributed by atoms with Gasteiger partial charge in [-0.2, -0.15) is 0 Å². The Kier molecular flexibility index (Phi) is 4.94. The SMILES string of the molecule is Cc1cc(C(=O)NC2CCN(CC(N)=O)CC2)c2ccc(F)cc2n1. The summed E-state index contributed by atoms with van der Waals surface area (Å²) in [5.74, 6) is -0.900. The van der Waals surface area contributed by atoms with Gasteiger partial charge in [0.25, 0.3) is 5.91 Å². The van der Waals surface area contributed by atoms with E-state index in [1.54, 1.807) is 19.1 Å². The second-order valence-corrected chi connectivity index (χ2v) is 6.46. The molecule has 2 amide bonds. The molecule has 1 aromatic carbocycles. The van der Waals surface area contributed by atoms with Crippen molar-refractivity contribution in [2.75, 3.05) is 19.6 Å². The Labute approximate surface area is 145 Å². The fraction of sp³-hybridized carbons (Fsp3) is 0.389. The van der Waals surface area contributed by atoms with Crippen molar-refractivity contribution in [3.8, 4) is 0 Å². The minimum Gasteiger partial charge on any atom is -0.369 e. The van der Waals surface area contributed by atoms with E-state index in [1.165, 1.54) is 12.1 Å². The number of pyridine rings is 1. The van der Waals surface area contributed by atoms with Gasteiger partial charge in [0, 0.05) is 36.3 Å². The number of halogens is 1. The zero-order valence-corrected chi connectivity index (χ0v) is 14.1. The Hall–Kier alpha value is -2.54. The molecular formula is C18H21FN4O2. The van der Waals surface area contributed by atoms with Crippen molar-refractivity contribution in [3.05, 3.63) is 41.3 Å². The predicted octanol–water partition coefficient (Wildman–Crippen LogP) is 1.36. The van der Waals surface area contributed by atoms with Gasteiger partial charge in [0.2, 0.25) is 5.91 Å². The first-order valence-electron chi connectivity index (χ1n) is 8.31. The molecule has 25 heavy (non-hydrogen) atoms. The Balaban J connectivity index is 1.72. The summed E-state index contributed by atoms with van der Waals surface area (Å²) in [4.78, 5) is 30.0. The van der Waals surface area contributed by atoms with Crippen LogP contribution in [0.4, 0.5) is 4.39 Å². The average molecular weight is 344 g/mol. The minimum atomic E-state index is -0.376. The number of carbonyl (C=O) groups excluding carboxylic acids is 2. The highest BCUT2D eigenvalue weighted by Gasteiger charge is 2.23. The van der Waals surface area contributed by atoms with Crippen LogP contribution in [0.1, 0.15) is 28.9 Å². The van der Waals surface area contributed by atoms with E-state index >= 15 is 0 Å². The van der Waals surface area contributed by atoms with Gasteiger partial charge in [-0.05, 0) is 38.0 Å². The van der Waals surface area contributed by atoms with Crippen LogP contribution in [-0.4, -0.2) is 47.4 Å². The van der Waals surface area contributed by atoms with Crippen LogP contribution in [0.5, 0.6) is 0 Å². The number of amides is 2. The highest BCUT2D eigenvalue weighted by atomic mass is 19.1. The van der Waals surface area contributed by atoms with Gasteiger partial charge in [-0.15, -0.1) is 0 Å². The maximum Gasteiger partial charge on any atom is 0.252 e. The first-order valence-corrected chi connectivity index (χ1v) is 8.31. The summed E-state index contributed by atoms with van der Waals surface area (Å²) in [5.41, 5.74) is 6.85. The van der Waals surface area contributed by atoms with Crippen LogP contribution in [0.15, 0.2) is 24.3 Å².